The molecule has 29 heavy (non-hydrogen) atoms. The summed E-state index contributed by atoms with van der Waals surface area (Å²) in [6, 6.07) is 13.7. The molecule has 0 amide bonds. The van der Waals surface area contributed by atoms with Gasteiger partial charge in [-0.1, -0.05) is 23.3 Å². The Hall–Kier alpha value is -3.67. The Labute approximate surface area is 168 Å². The minimum Gasteiger partial charge on any atom is -0.495 e. The third-order valence-corrected chi connectivity index (χ3v) is 4.82. The van der Waals surface area contributed by atoms with Crippen LogP contribution >= 0.6 is 0 Å². The second-order valence-corrected chi connectivity index (χ2v) is 7.23. The lowest BCUT2D eigenvalue weighted by molar-refractivity contribution is 0.417. The Morgan fingerprint density at radius 1 is 1.07 bits per heavy atom. The van der Waals surface area contributed by atoms with Crippen LogP contribution in [0.4, 0.5) is 5.69 Å². The number of ether oxygens (including phenoxy) is 1. The number of aromatic nitrogens is 3. The number of nitrogens with two attached hydrogens (primary N) is 1. The highest BCUT2D eigenvalue weighted by atomic mass is 16.5. The molecule has 2 heterocycles. The number of H-pyrrole nitrogens is 1. The fourth-order valence-corrected chi connectivity index (χ4v) is 3.51. The SMILES string of the molecule is COc1cc2c(=O)[nH]c(Cc3ccc(-c4cc(C)cc(C)c4)nc3)nc2cc1N. The van der Waals surface area contributed by atoms with Crippen LogP contribution in [-0.2, 0) is 6.42 Å². The molecule has 0 saturated carbocycles. The van der Waals surface area contributed by atoms with E-state index in [1.54, 1.807) is 12.1 Å². The molecule has 0 spiro atoms. The van der Waals surface area contributed by atoms with Gasteiger partial charge in [-0.25, -0.2) is 4.98 Å². The zero-order chi connectivity index (χ0) is 20.5. The van der Waals surface area contributed by atoms with Crippen molar-refractivity contribution in [3.05, 3.63) is 81.5 Å². The van der Waals surface area contributed by atoms with Crippen LogP contribution < -0.4 is 16.0 Å². The number of fused-ring (bicyclic) bond motifs is 1. The van der Waals surface area contributed by atoms with Gasteiger partial charge >= 0.3 is 0 Å². The number of nitrogens with zero attached hydrogens (tertiary/aromatic N) is 2. The topological polar surface area (TPSA) is 93.9 Å². The third-order valence-electron chi connectivity index (χ3n) is 4.82. The summed E-state index contributed by atoms with van der Waals surface area (Å²) >= 11 is 0. The monoisotopic (exact) mass is 386 g/mol. The molecule has 0 radical (unpaired) electrons. The predicted octanol–water partition coefficient (Wildman–Crippen LogP) is 3.78. The normalized spacial score (nSPS) is 11.0. The molecule has 6 nitrogen and oxygen atoms in total. The number of methoxy groups -OCH3 is 1. The first kappa shape index (κ1) is 18.7. The first-order chi connectivity index (χ1) is 13.9. The summed E-state index contributed by atoms with van der Waals surface area (Å²) in [7, 11) is 1.52. The van der Waals surface area contributed by atoms with Gasteiger partial charge in [-0.05, 0) is 49.7 Å². The van der Waals surface area contributed by atoms with Crippen molar-refractivity contribution in [2.24, 2.45) is 0 Å². The highest BCUT2D eigenvalue weighted by molar-refractivity contribution is 5.84. The van der Waals surface area contributed by atoms with Crippen molar-refractivity contribution in [3.63, 3.8) is 0 Å². The quantitative estimate of drug-likeness (QED) is 0.521. The molecule has 4 aromatic rings. The standard InChI is InChI=1S/C23H22N4O2/c1-13-6-14(2)8-16(7-13)19-5-4-15(12-25-19)9-22-26-20-11-18(24)21(29-3)10-17(20)23(28)27-22/h4-8,10-12H,9,24H2,1-3H3,(H,26,27,28). The van der Waals surface area contributed by atoms with Crippen LogP contribution in [0.15, 0.2) is 53.5 Å². The molecule has 4 rings (SSSR count). The second kappa shape index (κ2) is 7.39. The zero-order valence-corrected chi connectivity index (χ0v) is 16.6. The van der Waals surface area contributed by atoms with E-state index in [-0.39, 0.29) is 5.56 Å². The van der Waals surface area contributed by atoms with E-state index in [0.717, 1.165) is 16.8 Å². The van der Waals surface area contributed by atoms with Gasteiger partial charge in [0, 0.05) is 18.2 Å². The van der Waals surface area contributed by atoms with E-state index in [1.807, 2.05) is 18.3 Å². The van der Waals surface area contributed by atoms with E-state index in [1.165, 1.54) is 18.2 Å². The molecule has 6 heteroatoms. The summed E-state index contributed by atoms with van der Waals surface area (Å²) < 4.78 is 5.18. The Kier molecular flexibility index (Phi) is 4.76. The Morgan fingerprint density at radius 3 is 2.48 bits per heavy atom. The number of aryl methyl sites for hydroxylation is 2. The van der Waals surface area contributed by atoms with Crippen molar-refractivity contribution in [1.82, 2.24) is 15.0 Å². The number of pyridine rings is 1. The maximum atomic E-state index is 12.5. The van der Waals surface area contributed by atoms with E-state index in [9.17, 15) is 4.79 Å². The smallest absolute Gasteiger partial charge is 0.258 e. The molecular weight excluding hydrogens is 364 g/mol. The number of benzene rings is 2. The lowest BCUT2D eigenvalue weighted by Gasteiger charge is -2.08. The van der Waals surface area contributed by atoms with Gasteiger partial charge in [-0.3, -0.25) is 9.78 Å². The van der Waals surface area contributed by atoms with Crippen molar-refractivity contribution in [3.8, 4) is 17.0 Å². The Morgan fingerprint density at radius 2 is 1.83 bits per heavy atom. The fraction of sp³-hybridized carbons (Fsp3) is 0.174. The van der Waals surface area contributed by atoms with Crippen molar-refractivity contribution in [2.45, 2.75) is 20.3 Å². The summed E-state index contributed by atoms with van der Waals surface area (Å²) in [6.45, 7) is 4.16. The van der Waals surface area contributed by atoms with Crippen molar-refractivity contribution in [2.75, 3.05) is 12.8 Å². The number of rotatable bonds is 4. The summed E-state index contributed by atoms with van der Waals surface area (Å²) in [6.07, 6.45) is 2.29. The van der Waals surface area contributed by atoms with Crippen LogP contribution in [0.1, 0.15) is 22.5 Å². The van der Waals surface area contributed by atoms with Gasteiger partial charge in [-0.15, -0.1) is 0 Å². The van der Waals surface area contributed by atoms with Crippen molar-refractivity contribution >= 4 is 16.6 Å². The fourth-order valence-electron chi connectivity index (χ4n) is 3.51. The maximum Gasteiger partial charge on any atom is 0.258 e. The van der Waals surface area contributed by atoms with Gasteiger partial charge in [0.2, 0.25) is 0 Å². The van der Waals surface area contributed by atoms with E-state index in [2.05, 4.69) is 47.0 Å². The lowest BCUT2D eigenvalue weighted by Crippen LogP contribution is -2.13. The summed E-state index contributed by atoms with van der Waals surface area (Å²) in [5.41, 5.74) is 12.1. The molecule has 0 saturated heterocycles. The van der Waals surface area contributed by atoms with Gasteiger partial charge in [-0.2, -0.15) is 0 Å². The molecule has 3 N–H and O–H groups in total. The maximum absolute atomic E-state index is 12.5. The van der Waals surface area contributed by atoms with Crippen LogP contribution in [0.25, 0.3) is 22.2 Å². The van der Waals surface area contributed by atoms with Gasteiger partial charge in [0.15, 0.2) is 0 Å². The molecule has 0 aliphatic heterocycles. The van der Waals surface area contributed by atoms with E-state index >= 15 is 0 Å². The Bertz CT molecular complexity index is 1240. The molecule has 0 aliphatic rings. The minimum absolute atomic E-state index is 0.219. The molecular formula is C23H22N4O2. The average molecular weight is 386 g/mol. The number of aromatic amines is 1. The summed E-state index contributed by atoms with van der Waals surface area (Å²) in [5, 5.41) is 0.447. The van der Waals surface area contributed by atoms with Gasteiger partial charge in [0.1, 0.15) is 11.6 Å². The van der Waals surface area contributed by atoms with Crippen LogP contribution in [-0.4, -0.2) is 22.1 Å². The highest BCUT2D eigenvalue weighted by Gasteiger charge is 2.10. The van der Waals surface area contributed by atoms with Crippen LogP contribution in [0.2, 0.25) is 0 Å². The second-order valence-electron chi connectivity index (χ2n) is 7.23. The molecule has 0 atom stereocenters. The van der Waals surface area contributed by atoms with Crippen molar-refractivity contribution in [1.29, 1.82) is 0 Å². The molecule has 2 aromatic carbocycles. The zero-order valence-electron chi connectivity index (χ0n) is 16.6. The summed E-state index contributed by atoms with van der Waals surface area (Å²) in [5.74, 6) is 1.02. The molecule has 0 bridgehead atoms. The third kappa shape index (κ3) is 3.82. The summed E-state index contributed by atoms with van der Waals surface area (Å²) in [4.78, 5) is 24.4. The molecule has 2 aromatic heterocycles. The van der Waals surface area contributed by atoms with Crippen LogP contribution in [0.3, 0.4) is 0 Å². The molecule has 0 unspecified atom stereocenters. The number of nitrogens with one attached hydrogen (secondary N) is 1. The van der Waals surface area contributed by atoms with E-state index in [0.29, 0.717) is 34.6 Å². The predicted molar refractivity (Wildman–Crippen MR) is 115 cm³/mol. The number of nitrogen functional groups attached to an aromatic ring is 1. The molecule has 146 valence electrons. The van der Waals surface area contributed by atoms with E-state index < -0.39 is 0 Å². The van der Waals surface area contributed by atoms with Gasteiger partial charge < -0.3 is 15.5 Å². The van der Waals surface area contributed by atoms with Crippen molar-refractivity contribution < 1.29 is 4.74 Å². The highest BCUT2D eigenvalue weighted by Crippen LogP contribution is 2.25. The lowest BCUT2D eigenvalue weighted by atomic mass is 10.0. The first-order valence-electron chi connectivity index (χ1n) is 9.33. The average Bonchev–Trinajstić information content (AvgIpc) is 2.67. The number of anilines is 1. The van der Waals surface area contributed by atoms with Crippen LogP contribution in [0, 0.1) is 13.8 Å². The molecule has 0 aliphatic carbocycles. The number of hydrogen-bond acceptors (Lipinski definition) is 5. The minimum atomic E-state index is -0.219. The number of hydrogen-bond donors (Lipinski definition) is 2. The first-order valence-corrected chi connectivity index (χ1v) is 9.33. The van der Waals surface area contributed by atoms with E-state index in [4.69, 9.17) is 10.5 Å². The largest absolute Gasteiger partial charge is 0.495 e. The van der Waals surface area contributed by atoms with Crippen LogP contribution in [0.5, 0.6) is 5.75 Å². The van der Waals surface area contributed by atoms with Gasteiger partial charge in [0.05, 0.1) is 29.4 Å². The van der Waals surface area contributed by atoms with Gasteiger partial charge in [0.25, 0.3) is 5.56 Å². The molecule has 0 fully saturated rings. The Balaban J connectivity index is 1.64.